The van der Waals surface area contributed by atoms with E-state index in [1.165, 1.54) is 7.11 Å². The molecule has 212 valence electrons. The number of ether oxygens (including phenoxy) is 2. The number of likely N-dealkylation sites (N-methyl/N-ethyl adjacent to an activating group) is 1. The lowest BCUT2D eigenvalue weighted by atomic mass is 10.1. The number of fused-ring (bicyclic) bond motifs is 1. The van der Waals surface area contributed by atoms with Crippen LogP contribution in [0.1, 0.15) is 23.2 Å². The van der Waals surface area contributed by atoms with Crippen LogP contribution in [0.2, 0.25) is 0 Å². The average molecular weight is 565 g/mol. The maximum absolute atomic E-state index is 12.3. The monoisotopic (exact) mass is 564 g/mol. The molecule has 1 aromatic carbocycles. The second-order valence-corrected chi connectivity index (χ2v) is 8.56. The van der Waals surface area contributed by atoms with Crippen molar-refractivity contribution in [3.8, 4) is 11.6 Å². The van der Waals surface area contributed by atoms with Gasteiger partial charge in [-0.25, -0.2) is 9.97 Å². The van der Waals surface area contributed by atoms with Crippen molar-refractivity contribution >= 4 is 23.3 Å². The number of carbonyl (C=O) groups is 1. The Morgan fingerprint density at radius 2 is 1.95 bits per heavy atom. The number of benzene rings is 1. The van der Waals surface area contributed by atoms with Crippen molar-refractivity contribution < 1.29 is 27.4 Å². The fraction of sp³-hybridized carbons (Fsp3) is 0.172. The first-order valence-corrected chi connectivity index (χ1v) is 12.4. The second-order valence-electron chi connectivity index (χ2n) is 8.56. The molecule has 2 N–H and O–H groups in total. The summed E-state index contributed by atoms with van der Waals surface area (Å²) in [6, 6.07) is 6.69. The topological polar surface area (TPSA) is 103 Å². The molecule has 12 heteroatoms. The number of rotatable bonds is 8. The number of aromatic nitrogens is 4. The molecular weight excluding hydrogens is 537 g/mol. The summed E-state index contributed by atoms with van der Waals surface area (Å²) < 4.78 is 49.6. The zero-order chi connectivity index (χ0) is 29.2. The molecule has 0 aliphatic heterocycles. The summed E-state index contributed by atoms with van der Waals surface area (Å²) in [5.41, 5.74) is 3.82. The number of allylic oxidation sites excluding steroid dienone is 5. The minimum absolute atomic E-state index is 0.0117. The molecule has 0 radical (unpaired) electrons. The smallest absolute Gasteiger partial charge is 0.416 e. The van der Waals surface area contributed by atoms with Gasteiger partial charge in [-0.3, -0.25) is 9.78 Å². The van der Waals surface area contributed by atoms with E-state index in [9.17, 15) is 18.0 Å². The summed E-state index contributed by atoms with van der Waals surface area (Å²) in [5, 5.41) is 5.32. The van der Waals surface area contributed by atoms with Crippen molar-refractivity contribution in [2.45, 2.75) is 19.2 Å². The third-order valence-electron chi connectivity index (χ3n) is 5.88. The van der Waals surface area contributed by atoms with Gasteiger partial charge in [0.2, 0.25) is 12.1 Å². The quantitative estimate of drug-likeness (QED) is 0.275. The molecule has 3 heterocycles. The zero-order valence-corrected chi connectivity index (χ0v) is 22.2. The first-order chi connectivity index (χ1) is 19.8. The number of methoxy groups -OCH3 is 1. The number of nitrogens with zero attached hydrogens (tertiary/aromatic N) is 4. The number of halogens is 3. The fourth-order valence-electron chi connectivity index (χ4n) is 3.83. The Hall–Kier alpha value is -5.13. The number of hydrogen-bond donors (Lipinski definition) is 2. The Morgan fingerprint density at radius 1 is 1.15 bits per heavy atom. The van der Waals surface area contributed by atoms with Crippen LogP contribution < -0.4 is 20.1 Å². The number of anilines is 1. The average Bonchev–Trinajstić information content (AvgIpc) is 3.33. The summed E-state index contributed by atoms with van der Waals surface area (Å²) in [5.74, 6) is 0.692. The van der Waals surface area contributed by atoms with Crippen molar-refractivity contribution in [3.05, 3.63) is 108 Å². The Balaban J connectivity index is 0.000000221. The van der Waals surface area contributed by atoms with E-state index in [1.54, 1.807) is 18.6 Å². The van der Waals surface area contributed by atoms with Crippen molar-refractivity contribution in [2.75, 3.05) is 19.5 Å². The van der Waals surface area contributed by atoms with Crippen LogP contribution in [0.3, 0.4) is 0 Å². The summed E-state index contributed by atoms with van der Waals surface area (Å²) in [6.45, 7) is 0.416. The van der Waals surface area contributed by atoms with Crippen LogP contribution in [0.15, 0.2) is 91.3 Å². The molecule has 9 nitrogen and oxygen atoms in total. The van der Waals surface area contributed by atoms with Crippen molar-refractivity contribution in [2.24, 2.45) is 0 Å². The molecule has 4 aromatic rings. The van der Waals surface area contributed by atoms with E-state index in [-0.39, 0.29) is 17.8 Å². The van der Waals surface area contributed by atoms with E-state index in [0.717, 1.165) is 47.1 Å². The lowest BCUT2D eigenvalue weighted by molar-refractivity contribution is -0.137. The Morgan fingerprint density at radius 3 is 2.66 bits per heavy atom. The normalized spacial score (nSPS) is 12.8. The van der Waals surface area contributed by atoms with Gasteiger partial charge < -0.3 is 24.5 Å². The fourth-order valence-corrected chi connectivity index (χ4v) is 3.83. The zero-order valence-electron chi connectivity index (χ0n) is 22.2. The number of amides is 1. The van der Waals surface area contributed by atoms with Crippen LogP contribution in [0.25, 0.3) is 11.2 Å². The van der Waals surface area contributed by atoms with Gasteiger partial charge in [-0.05, 0) is 54.5 Å². The van der Waals surface area contributed by atoms with Crippen molar-refractivity contribution in [1.82, 2.24) is 24.7 Å². The molecule has 0 unspecified atom stereocenters. The molecule has 0 saturated carbocycles. The first kappa shape index (κ1) is 28.9. The summed E-state index contributed by atoms with van der Waals surface area (Å²) >= 11 is 0. The number of alkyl halides is 3. The van der Waals surface area contributed by atoms with Gasteiger partial charge in [0, 0.05) is 49.3 Å². The van der Waals surface area contributed by atoms with Gasteiger partial charge >= 0.3 is 6.18 Å². The van der Waals surface area contributed by atoms with Crippen LogP contribution in [-0.4, -0.2) is 39.9 Å². The third-order valence-corrected chi connectivity index (χ3v) is 5.88. The van der Waals surface area contributed by atoms with Crippen LogP contribution in [0.4, 0.5) is 18.9 Å². The molecule has 41 heavy (non-hydrogen) atoms. The Labute approximate surface area is 234 Å². The summed E-state index contributed by atoms with van der Waals surface area (Å²) in [4.78, 5) is 23.3. The number of nitrogens with one attached hydrogen (secondary N) is 2. The molecule has 0 bridgehead atoms. The minimum Gasteiger partial charge on any atom is -0.495 e. The van der Waals surface area contributed by atoms with E-state index in [4.69, 9.17) is 14.5 Å². The molecule has 0 atom stereocenters. The van der Waals surface area contributed by atoms with Gasteiger partial charge in [0.15, 0.2) is 0 Å². The number of imidazole rings is 1. The lowest BCUT2D eigenvalue weighted by Crippen LogP contribution is -2.06. The molecular formula is C29H27F3N6O3. The maximum atomic E-state index is 12.3. The highest BCUT2D eigenvalue weighted by atomic mass is 19.4. The Bertz CT molecular complexity index is 1580. The van der Waals surface area contributed by atoms with Crippen molar-refractivity contribution in [1.29, 1.82) is 0 Å². The van der Waals surface area contributed by atoms with Gasteiger partial charge in [-0.1, -0.05) is 12.2 Å². The molecule has 0 saturated heterocycles. The predicted octanol–water partition coefficient (Wildman–Crippen LogP) is 5.43. The van der Waals surface area contributed by atoms with E-state index in [0.29, 0.717) is 18.1 Å². The maximum Gasteiger partial charge on any atom is 0.416 e. The second kappa shape index (κ2) is 13.3. The van der Waals surface area contributed by atoms with Gasteiger partial charge in [-0.15, -0.1) is 0 Å². The predicted molar refractivity (Wildman–Crippen MR) is 148 cm³/mol. The van der Waals surface area contributed by atoms with Gasteiger partial charge in [-0.2, -0.15) is 13.2 Å². The standard InChI is InChI=1S/C20H19N5O.C9H8F3NO2/c1-21-17-5-3-2-4-16(12-17)18-13-25-11-10-23-19(25)20(24-18)26-14-15-6-8-22-9-7-15;1-15-8-3-2-6(9(10,11)12)4-7(8)13-5-14/h3-13,21H,2,14H2,1H3;2-5H,1H3,(H,13,14). The Kier molecular flexibility index (Phi) is 9.35. The summed E-state index contributed by atoms with van der Waals surface area (Å²) in [7, 11) is 3.22. The van der Waals surface area contributed by atoms with Gasteiger partial charge in [0.1, 0.15) is 12.4 Å². The van der Waals surface area contributed by atoms with Gasteiger partial charge in [0.25, 0.3) is 5.88 Å². The van der Waals surface area contributed by atoms with Crippen LogP contribution in [0.5, 0.6) is 11.6 Å². The molecule has 0 spiro atoms. The van der Waals surface area contributed by atoms with E-state index in [1.807, 2.05) is 36.0 Å². The molecule has 1 aliphatic rings. The van der Waals surface area contributed by atoms with Crippen LogP contribution in [0, 0.1) is 0 Å². The lowest BCUT2D eigenvalue weighted by Gasteiger charge is -2.11. The SMILES string of the molecule is CNC1=CC(c2cn3ccnc3c(OCc3ccncc3)n2)=CCC=C1.COc1ccc(C(F)(F)F)cc1NC=O. The third kappa shape index (κ3) is 7.50. The molecule has 1 aliphatic carbocycles. The molecule has 1 amide bonds. The van der Waals surface area contributed by atoms with Gasteiger partial charge in [0.05, 0.1) is 24.1 Å². The highest BCUT2D eigenvalue weighted by Gasteiger charge is 2.31. The number of hydrogen-bond acceptors (Lipinski definition) is 7. The van der Waals surface area contributed by atoms with Crippen molar-refractivity contribution in [3.63, 3.8) is 0 Å². The van der Waals surface area contributed by atoms with Crippen LogP contribution >= 0.6 is 0 Å². The molecule has 3 aromatic heterocycles. The van der Waals surface area contributed by atoms with E-state index < -0.39 is 11.7 Å². The van der Waals surface area contributed by atoms with Crippen LogP contribution in [-0.2, 0) is 17.6 Å². The minimum atomic E-state index is -4.44. The highest BCUT2D eigenvalue weighted by molar-refractivity contribution is 5.76. The molecule has 0 fully saturated rings. The largest absolute Gasteiger partial charge is 0.495 e. The number of carbonyl (C=O) groups excluding carboxylic acids is 1. The van der Waals surface area contributed by atoms with E-state index >= 15 is 0 Å². The molecule has 5 rings (SSSR count). The highest BCUT2D eigenvalue weighted by Crippen LogP contribution is 2.34. The first-order valence-electron chi connectivity index (χ1n) is 12.4. The van der Waals surface area contributed by atoms with E-state index in [2.05, 4.69) is 44.9 Å². The number of pyridine rings is 1. The summed E-state index contributed by atoms with van der Waals surface area (Å²) in [6.07, 6.45) is 14.3.